The van der Waals surface area contributed by atoms with Crippen molar-refractivity contribution in [1.82, 2.24) is 5.32 Å². The Hall–Kier alpha value is -1.13. The zero-order chi connectivity index (χ0) is 14.3. The molecule has 1 aromatic rings. The molecule has 1 N–H and O–H groups in total. The van der Waals surface area contributed by atoms with Crippen LogP contribution in [0.1, 0.15) is 26.3 Å². The maximum Gasteiger partial charge on any atom is 0.146 e. The van der Waals surface area contributed by atoms with Crippen LogP contribution in [0.3, 0.4) is 0 Å². The molecule has 0 aliphatic carbocycles. The van der Waals surface area contributed by atoms with Crippen molar-refractivity contribution in [3.05, 3.63) is 29.6 Å². The van der Waals surface area contributed by atoms with Crippen molar-refractivity contribution in [2.24, 2.45) is 0 Å². The molecule has 1 rings (SSSR count). The number of rotatable bonds is 8. The van der Waals surface area contributed by atoms with Crippen molar-refractivity contribution in [3.63, 3.8) is 0 Å². The zero-order valence-electron chi connectivity index (χ0n) is 12.4. The Bertz CT molecular complexity index is 382. The fourth-order valence-corrected chi connectivity index (χ4v) is 2.01. The predicted molar refractivity (Wildman–Crippen MR) is 78.1 cm³/mol. The van der Waals surface area contributed by atoms with Crippen molar-refractivity contribution in [2.45, 2.75) is 33.4 Å². The van der Waals surface area contributed by atoms with E-state index in [0.29, 0.717) is 25.4 Å². The summed E-state index contributed by atoms with van der Waals surface area (Å²) in [6, 6.07) is 5.69. The molecule has 0 fully saturated rings. The fraction of sp³-hybridized carbons (Fsp3) is 0.600. The van der Waals surface area contributed by atoms with Gasteiger partial charge in [0, 0.05) is 26.2 Å². The summed E-state index contributed by atoms with van der Waals surface area (Å²) in [5.41, 5.74) is 1.62. The molecule has 19 heavy (non-hydrogen) atoms. The lowest BCUT2D eigenvalue weighted by Gasteiger charge is -2.29. The Kier molecular flexibility index (Phi) is 6.81. The smallest absolute Gasteiger partial charge is 0.146 e. The zero-order valence-corrected chi connectivity index (χ0v) is 12.4. The molecule has 4 heteroatoms. The quantitative estimate of drug-likeness (QED) is 0.784. The Morgan fingerprint density at radius 2 is 2.11 bits per heavy atom. The van der Waals surface area contributed by atoms with Gasteiger partial charge in [0.2, 0.25) is 0 Å². The standard InChI is InChI=1S/C15H25FN2O/c1-5-17-11-13-6-7-15(14(16)10-13)18(12(2)3)8-9-19-4/h6-7,10,12,17H,5,8-9,11H2,1-4H3. The van der Waals surface area contributed by atoms with Gasteiger partial charge < -0.3 is 15.0 Å². The SMILES string of the molecule is CCNCc1ccc(N(CCOC)C(C)C)c(F)c1. The minimum atomic E-state index is -0.166. The van der Waals surface area contributed by atoms with Gasteiger partial charge in [0.15, 0.2) is 0 Å². The van der Waals surface area contributed by atoms with E-state index in [1.165, 1.54) is 0 Å². The van der Waals surface area contributed by atoms with Crippen LogP contribution in [0.4, 0.5) is 10.1 Å². The predicted octanol–water partition coefficient (Wildman–Crippen LogP) is 2.80. The molecule has 108 valence electrons. The van der Waals surface area contributed by atoms with E-state index in [0.717, 1.165) is 12.1 Å². The number of benzene rings is 1. The highest BCUT2D eigenvalue weighted by Crippen LogP contribution is 2.22. The van der Waals surface area contributed by atoms with Gasteiger partial charge in [-0.2, -0.15) is 0 Å². The third-order valence-electron chi connectivity index (χ3n) is 3.06. The van der Waals surface area contributed by atoms with Crippen molar-refractivity contribution in [3.8, 4) is 0 Å². The maximum absolute atomic E-state index is 14.2. The molecule has 0 heterocycles. The van der Waals surface area contributed by atoms with Crippen molar-refractivity contribution in [1.29, 1.82) is 0 Å². The van der Waals surface area contributed by atoms with Crippen LogP contribution in [0.2, 0.25) is 0 Å². The van der Waals surface area contributed by atoms with Gasteiger partial charge in [-0.05, 0) is 38.1 Å². The van der Waals surface area contributed by atoms with Crippen molar-refractivity contribution in [2.75, 3.05) is 31.7 Å². The van der Waals surface area contributed by atoms with E-state index in [4.69, 9.17) is 4.74 Å². The first-order valence-electron chi connectivity index (χ1n) is 6.84. The second-order valence-corrected chi connectivity index (χ2v) is 4.85. The van der Waals surface area contributed by atoms with E-state index in [1.54, 1.807) is 13.2 Å². The molecule has 0 saturated carbocycles. The third kappa shape index (κ3) is 4.80. The lowest BCUT2D eigenvalue weighted by molar-refractivity contribution is 0.203. The lowest BCUT2D eigenvalue weighted by Crippen LogP contribution is -2.34. The molecule has 3 nitrogen and oxygen atoms in total. The number of hydrogen-bond donors (Lipinski definition) is 1. The second-order valence-electron chi connectivity index (χ2n) is 4.85. The highest BCUT2D eigenvalue weighted by molar-refractivity contribution is 5.50. The van der Waals surface area contributed by atoms with E-state index < -0.39 is 0 Å². The van der Waals surface area contributed by atoms with Gasteiger partial charge in [-0.25, -0.2) is 4.39 Å². The molecule has 0 spiro atoms. The first-order valence-corrected chi connectivity index (χ1v) is 6.84. The number of anilines is 1. The lowest BCUT2D eigenvalue weighted by atomic mass is 10.1. The molecular weight excluding hydrogens is 243 g/mol. The Morgan fingerprint density at radius 1 is 1.37 bits per heavy atom. The van der Waals surface area contributed by atoms with Gasteiger partial charge in [-0.1, -0.05) is 13.0 Å². The topological polar surface area (TPSA) is 24.5 Å². The minimum absolute atomic E-state index is 0.166. The first kappa shape index (κ1) is 15.9. The van der Waals surface area contributed by atoms with Crippen LogP contribution in [0.15, 0.2) is 18.2 Å². The summed E-state index contributed by atoms with van der Waals surface area (Å²) in [6.45, 7) is 9.02. The van der Waals surface area contributed by atoms with Crippen LogP contribution in [0.5, 0.6) is 0 Å². The van der Waals surface area contributed by atoms with Gasteiger partial charge in [0.05, 0.1) is 12.3 Å². The number of ether oxygens (including phenoxy) is 1. The normalized spacial score (nSPS) is 11.1. The van der Waals surface area contributed by atoms with E-state index in [9.17, 15) is 4.39 Å². The Labute approximate surface area is 115 Å². The molecule has 1 aromatic carbocycles. The summed E-state index contributed by atoms with van der Waals surface area (Å²) >= 11 is 0. The molecule has 0 atom stereocenters. The average molecular weight is 268 g/mol. The summed E-state index contributed by atoms with van der Waals surface area (Å²) in [7, 11) is 1.66. The van der Waals surface area contributed by atoms with E-state index in [2.05, 4.69) is 19.2 Å². The molecule has 0 bridgehead atoms. The molecule has 0 unspecified atom stereocenters. The van der Waals surface area contributed by atoms with Crippen LogP contribution in [-0.2, 0) is 11.3 Å². The summed E-state index contributed by atoms with van der Waals surface area (Å²) in [6.07, 6.45) is 0. The molecule has 0 saturated heterocycles. The van der Waals surface area contributed by atoms with Crippen LogP contribution in [-0.4, -0.2) is 32.8 Å². The third-order valence-corrected chi connectivity index (χ3v) is 3.06. The van der Waals surface area contributed by atoms with Crippen LogP contribution in [0, 0.1) is 5.82 Å². The Balaban J connectivity index is 2.85. The van der Waals surface area contributed by atoms with Gasteiger partial charge in [0.25, 0.3) is 0 Å². The molecule has 0 aromatic heterocycles. The van der Waals surface area contributed by atoms with Gasteiger partial charge in [0.1, 0.15) is 5.82 Å². The first-order chi connectivity index (χ1) is 9.10. The van der Waals surface area contributed by atoms with E-state index >= 15 is 0 Å². The Morgan fingerprint density at radius 3 is 2.63 bits per heavy atom. The summed E-state index contributed by atoms with van der Waals surface area (Å²) in [5, 5.41) is 3.20. The molecule has 0 radical (unpaired) electrons. The summed E-state index contributed by atoms with van der Waals surface area (Å²) in [5.74, 6) is -0.166. The van der Waals surface area contributed by atoms with Crippen LogP contribution in [0.25, 0.3) is 0 Å². The van der Waals surface area contributed by atoms with E-state index in [1.807, 2.05) is 24.0 Å². The van der Waals surface area contributed by atoms with Gasteiger partial charge >= 0.3 is 0 Å². The average Bonchev–Trinajstić information content (AvgIpc) is 2.38. The highest BCUT2D eigenvalue weighted by Gasteiger charge is 2.14. The molecular formula is C15H25FN2O. The molecule has 0 aliphatic rings. The van der Waals surface area contributed by atoms with Crippen molar-refractivity contribution >= 4 is 5.69 Å². The maximum atomic E-state index is 14.2. The largest absolute Gasteiger partial charge is 0.383 e. The van der Waals surface area contributed by atoms with Crippen molar-refractivity contribution < 1.29 is 9.13 Å². The van der Waals surface area contributed by atoms with Crippen LogP contribution >= 0.6 is 0 Å². The van der Waals surface area contributed by atoms with Crippen LogP contribution < -0.4 is 10.2 Å². The number of halogens is 1. The second kappa shape index (κ2) is 8.12. The molecule has 0 aliphatic heterocycles. The fourth-order valence-electron chi connectivity index (χ4n) is 2.01. The molecule has 0 amide bonds. The highest BCUT2D eigenvalue weighted by atomic mass is 19.1. The van der Waals surface area contributed by atoms with Gasteiger partial charge in [-0.15, -0.1) is 0 Å². The number of hydrogen-bond acceptors (Lipinski definition) is 3. The summed E-state index contributed by atoms with van der Waals surface area (Å²) < 4.78 is 19.3. The van der Waals surface area contributed by atoms with E-state index in [-0.39, 0.29) is 11.9 Å². The monoisotopic (exact) mass is 268 g/mol. The minimum Gasteiger partial charge on any atom is -0.383 e. The number of methoxy groups -OCH3 is 1. The number of nitrogens with zero attached hydrogens (tertiary/aromatic N) is 1. The summed E-state index contributed by atoms with van der Waals surface area (Å²) in [4.78, 5) is 2.02. The number of nitrogens with one attached hydrogen (secondary N) is 1. The van der Waals surface area contributed by atoms with Gasteiger partial charge in [-0.3, -0.25) is 0 Å².